The third-order valence-corrected chi connectivity index (χ3v) is 14.8. The third kappa shape index (κ3) is 2.61. The number of halogens is 4. The Kier molecular flexibility index (Phi) is 4.85. The molecule has 0 saturated carbocycles. The predicted octanol–water partition coefficient (Wildman–Crippen LogP) is 9.08. The summed E-state index contributed by atoms with van der Waals surface area (Å²) < 4.78 is 7.65. The fraction of sp³-hybridized carbons (Fsp3) is 0. The first-order valence-corrected chi connectivity index (χ1v) is 13.0. The molecule has 104 valence electrons. The molecule has 0 nitrogen and oxygen atoms in total. The fourth-order valence-electron chi connectivity index (χ4n) is 1.62. The van der Waals surface area contributed by atoms with Gasteiger partial charge in [-0.2, -0.15) is 0 Å². The van der Waals surface area contributed by atoms with Gasteiger partial charge in [-0.05, 0) is 63.7 Å². The molecule has 0 aromatic carbocycles. The zero-order valence-electron chi connectivity index (χ0n) is 8.96. The van der Waals surface area contributed by atoms with Gasteiger partial charge in [0.05, 0.1) is 43.2 Å². The molecule has 0 unspecified atom stereocenters. The average Bonchev–Trinajstić information content (AvgIpc) is 3.09. The molecular weight excluding hydrogens is 632 g/mol. The van der Waals surface area contributed by atoms with Crippen molar-refractivity contribution < 1.29 is 0 Å². The largest absolute Gasteiger partial charge is 0.119 e. The van der Waals surface area contributed by atoms with Crippen LogP contribution in [0.2, 0.25) is 0 Å². The first kappa shape index (κ1) is 16.0. The smallest absolute Gasteiger partial charge is 0.0861 e. The Morgan fingerprint density at radius 2 is 0.700 bits per heavy atom. The van der Waals surface area contributed by atoms with E-state index >= 15 is 0 Å². The van der Waals surface area contributed by atoms with E-state index in [2.05, 4.69) is 63.7 Å². The fourth-order valence-corrected chi connectivity index (χ4v) is 14.5. The Morgan fingerprint density at radius 3 is 0.950 bits per heavy atom. The minimum atomic E-state index is 1.22. The molecule has 2 aromatic heterocycles. The molecule has 0 atom stereocenters. The lowest BCUT2D eigenvalue weighted by atomic mass is 10.7. The quantitative estimate of drug-likeness (QED) is 0.284. The number of thioether (sulfide) groups is 4. The highest BCUT2D eigenvalue weighted by Gasteiger charge is 2.33. The number of hydrogen-bond donors (Lipinski definition) is 0. The molecule has 20 heavy (non-hydrogen) atoms. The van der Waals surface area contributed by atoms with Gasteiger partial charge in [-0.25, -0.2) is 0 Å². The van der Waals surface area contributed by atoms with E-state index < -0.39 is 0 Å². The first-order chi connectivity index (χ1) is 9.54. The SMILES string of the molecule is Brc1sc(Br)c2c1SC(=C1Sc3c(Br)sc(Br)c3S1)S2. The molecular formula is C10Br4S6. The summed E-state index contributed by atoms with van der Waals surface area (Å²) in [7, 11) is 0. The van der Waals surface area contributed by atoms with E-state index in [0.29, 0.717) is 0 Å². The summed E-state index contributed by atoms with van der Waals surface area (Å²) in [5, 5.41) is 0. The van der Waals surface area contributed by atoms with Gasteiger partial charge < -0.3 is 0 Å². The zero-order chi connectivity index (χ0) is 14.0. The Morgan fingerprint density at radius 1 is 0.450 bits per heavy atom. The Balaban J connectivity index is 1.71. The van der Waals surface area contributed by atoms with Gasteiger partial charge in [-0.1, -0.05) is 47.0 Å². The van der Waals surface area contributed by atoms with Crippen molar-refractivity contribution in [2.24, 2.45) is 0 Å². The van der Waals surface area contributed by atoms with E-state index in [-0.39, 0.29) is 0 Å². The van der Waals surface area contributed by atoms with Crippen LogP contribution in [0.25, 0.3) is 0 Å². The third-order valence-electron chi connectivity index (χ3n) is 2.43. The van der Waals surface area contributed by atoms with Crippen molar-refractivity contribution in [2.75, 3.05) is 0 Å². The number of fused-ring (bicyclic) bond motifs is 2. The van der Waals surface area contributed by atoms with E-state index in [0.717, 1.165) is 0 Å². The molecule has 0 bridgehead atoms. The van der Waals surface area contributed by atoms with E-state index in [9.17, 15) is 0 Å². The van der Waals surface area contributed by atoms with Crippen molar-refractivity contribution >= 4 is 133 Å². The summed E-state index contributed by atoms with van der Waals surface area (Å²) in [4.78, 5) is 5.40. The van der Waals surface area contributed by atoms with Crippen molar-refractivity contribution in [3.05, 3.63) is 23.6 Å². The molecule has 0 radical (unpaired) electrons. The maximum Gasteiger partial charge on any atom is 0.0861 e. The number of hydrogen-bond acceptors (Lipinski definition) is 6. The summed E-state index contributed by atoms with van der Waals surface area (Å²) in [5.41, 5.74) is 0. The Hall–Kier alpha value is 2.46. The molecule has 0 amide bonds. The highest BCUT2D eigenvalue weighted by molar-refractivity contribution is 9.12. The second-order valence-electron chi connectivity index (χ2n) is 3.60. The minimum absolute atomic E-state index is 1.22. The summed E-state index contributed by atoms with van der Waals surface area (Å²) in [6.45, 7) is 0. The maximum atomic E-state index is 3.65. The van der Waals surface area contributed by atoms with Gasteiger partial charge in [-0.3, -0.25) is 0 Å². The van der Waals surface area contributed by atoms with Crippen molar-refractivity contribution in [3.63, 3.8) is 0 Å². The molecule has 0 N–H and O–H groups in total. The standard InChI is InChI=1S/C10Br4S6/c11-5-1-2(6(12)19-5)16-9(15-1)10-17-3-4(18-10)8(14)20-7(3)13. The van der Waals surface area contributed by atoms with Crippen molar-refractivity contribution in [3.8, 4) is 0 Å². The highest BCUT2D eigenvalue weighted by Crippen LogP contribution is 2.67. The molecule has 0 spiro atoms. The van der Waals surface area contributed by atoms with E-state index in [4.69, 9.17) is 0 Å². The molecule has 2 aromatic rings. The molecule has 0 saturated heterocycles. The number of thiophene rings is 2. The van der Waals surface area contributed by atoms with E-state index in [1.807, 2.05) is 47.0 Å². The van der Waals surface area contributed by atoms with Crippen LogP contribution in [-0.2, 0) is 0 Å². The van der Waals surface area contributed by atoms with Crippen LogP contribution >= 0.6 is 133 Å². The molecule has 4 heterocycles. The van der Waals surface area contributed by atoms with Gasteiger partial charge >= 0.3 is 0 Å². The maximum absolute atomic E-state index is 3.65. The second kappa shape index (κ2) is 6.07. The van der Waals surface area contributed by atoms with Crippen molar-refractivity contribution in [1.29, 1.82) is 0 Å². The van der Waals surface area contributed by atoms with E-state index in [1.165, 1.54) is 43.2 Å². The second-order valence-corrected chi connectivity index (χ2v) is 15.5. The lowest BCUT2D eigenvalue weighted by molar-refractivity contribution is 1.31. The van der Waals surface area contributed by atoms with Gasteiger partial charge in [-0.15, -0.1) is 22.7 Å². The monoisotopic (exact) mass is 628 g/mol. The van der Waals surface area contributed by atoms with Crippen molar-refractivity contribution in [1.82, 2.24) is 0 Å². The Labute approximate surface area is 174 Å². The lowest BCUT2D eigenvalue weighted by Gasteiger charge is -2.01. The Bertz CT molecular complexity index is 652. The lowest BCUT2D eigenvalue weighted by Crippen LogP contribution is -1.67. The van der Waals surface area contributed by atoms with Crippen LogP contribution in [0.5, 0.6) is 0 Å². The molecule has 10 heteroatoms. The topological polar surface area (TPSA) is 0 Å². The normalized spacial score (nSPS) is 17.0. The molecule has 4 rings (SSSR count). The highest BCUT2D eigenvalue weighted by atomic mass is 79.9. The van der Waals surface area contributed by atoms with Gasteiger partial charge in [0.25, 0.3) is 0 Å². The molecule has 2 aliphatic rings. The van der Waals surface area contributed by atoms with Gasteiger partial charge in [0.1, 0.15) is 0 Å². The minimum Gasteiger partial charge on any atom is -0.119 e. The summed E-state index contributed by atoms with van der Waals surface area (Å²) in [6.07, 6.45) is 0. The van der Waals surface area contributed by atoms with Gasteiger partial charge in [0.15, 0.2) is 0 Å². The van der Waals surface area contributed by atoms with Crippen LogP contribution in [0.4, 0.5) is 0 Å². The number of rotatable bonds is 0. The van der Waals surface area contributed by atoms with Crippen LogP contribution < -0.4 is 0 Å². The molecule has 0 fully saturated rings. The van der Waals surface area contributed by atoms with Crippen LogP contribution in [0, 0.1) is 0 Å². The average molecular weight is 632 g/mol. The van der Waals surface area contributed by atoms with Crippen LogP contribution in [0.15, 0.2) is 43.2 Å². The predicted molar refractivity (Wildman–Crippen MR) is 110 cm³/mol. The van der Waals surface area contributed by atoms with Crippen LogP contribution in [0.3, 0.4) is 0 Å². The van der Waals surface area contributed by atoms with Gasteiger partial charge in [0.2, 0.25) is 0 Å². The molecule has 2 aliphatic heterocycles. The first-order valence-electron chi connectivity index (χ1n) is 4.96. The van der Waals surface area contributed by atoms with Crippen LogP contribution in [-0.4, -0.2) is 0 Å². The summed E-state index contributed by atoms with van der Waals surface area (Å²) in [6, 6.07) is 0. The summed E-state index contributed by atoms with van der Waals surface area (Å²) >= 11 is 25.6. The van der Waals surface area contributed by atoms with E-state index in [1.54, 1.807) is 22.7 Å². The molecule has 0 aliphatic carbocycles. The zero-order valence-corrected chi connectivity index (χ0v) is 20.2. The van der Waals surface area contributed by atoms with Crippen molar-refractivity contribution in [2.45, 2.75) is 19.6 Å². The van der Waals surface area contributed by atoms with Gasteiger partial charge in [0, 0.05) is 0 Å². The van der Waals surface area contributed by atoms with Crippen LogP contribution in [0.1, 0.15) is 0 Å². The summed E-state index contributed by atoms with van der Waals surface area (Å²) in [5.74, 6) is 0.